The molecule has 0 aromatic carbocycles. The minimum absolute atomic E-state index is 0. The van der Waals surface area contributed by atoms with Crippen molar-refractivity contribution in [3.05, 3.63) is 33.2 Å². The van der Waals surface area contributed by atoms with Crippen molar-refractivity contribution in [2.45, 2.75) is 46.0 Å². The topological polar surface area (TPSA) is 82.3 Å². The smallest absolute Gasteiger partial charge is 0.261 e. The Labute approximate surface area is 166 Å². The van der Waals surface area contributed by atoms with E-state index < -0.39 is 0 Å². The number of carbonyl (C=O) groups excluding carboxylic acids is 2. The number of nitrogens with zero attached hydrogens (tertiary/aromatic N) is 1. The molecule has 1 saturated heterocycles. The maximum atomic E-state index is 12.8. The first-order chi connectivity index (χ1) is 12.3. The van der Waals surface area contributed by atoms with Crippen molar-refractivity contribution in [3.63, 3.8) is 0 Å². The Bertz CT molecular complexity index is 764. The standard InChI is InChI=1S/C20H29N3O3.ClH/c1-20(2)11-16-14(17(24)12-20)10-15(18(25)22-16)19(26)23-8-5-13(6-9-23)4-7-21-3;/h10,13,21H,4-9,11-12H2,1-3H3,(H,22,25);1H. The summed E-state index contributed by atoms with van der Waals surface area (Å²) in [5.41, 5.74) is 0.741. The number of aromatic amines is 1. The van der Waals surface area contributed by atoms with Crippen molar-refractivity contribution >= 4 is 24.1 Å². The van der Waals surface area contributed by atoms with Gasteiger partial charge in [-0.3, -0.25) is 14.4 Å². The lowest BCUT2D eigenvalue weighted by molar-refractivity contribution is 0.0685. The molecule has 0 saturated carbocycles. The minimum atomic E-state index is -0.378. The van der Waals surface area contributed by atoms with Crippen LogP contribution in [0.1, 0.15) is 65.9 Å². The van der Waals surface area contributed by atoms with Crippen LogP contribution in [0.25, 0.3) is 0 Å². The normalized spacial score (nSPS) is 19.4. The predicted octanol–water partition coefficient (Wildman–Crippen LogP) is 2.41. The molecular formula is C20H30ClN3O3. The lowest BCUT2D eigenvalue weighted by Crippen LogP contribution is -2.41. The molecule has 1 amide bonds. The number of hydrogen-bond donors (Lipinski definition) is 2. The van der Waals surface area contributed by atoms with E-state index in [2.05, 4.69) is 10.3 Å². The molecule has 7 heteroatoms. The lowest BCUT2D eigenvalue weighted by atomic mass is 9.75. The van der Waals surface area contributed by atoms with Crippen LogP contribution in [0.5, 0.6) is 0 Å². The van der Waals surface area contributed by atoms with Gasteiger partial charge in [0.2, 0.25) is 0 Å². The Morgan fingerprint density at radius 2 is 1.93 bits per heavy atom. The summed E-state index contributed by atoms with van der Waals surface area (Å²) < 4.78 is 0. The molecule has 1 aromatic rings. The van der Waals surface area contributed by atoms with Gasteiger partial charge in [0.15, 0.2) is 5.78 Å². The molecule has 2 N–H and O–H groups in total. The van der Waals surface area contributed by atoms with Crippen LogP contribution in [0.15, 0.2) is 10.9 Å². The van der Waals surface area contributed by atoms with Gasteiger partial charge < -0.3 is 15.2 Å². The molecule has 1 aliphatic heterocycles. The van der Waals surface area contributed by atoms with E-state index in [-0.39, 0.29) is 40.6 Å². The van der Waals surface area contributed by atoms with E-state index in [4.69, 9.17) is 0 Å². The second kappa shape index (κ2) is 8.57. The fourth-order valence-electron chi connectivity index (χ4n) is 4.13. The quantitative estimate of drug-likeness (QED) is 0.820. The molecule has 0 spiro atoms. The largest absolute Gasteiger partial charge is 0.338 e. The Morgan fingerprint density at radius 3 is 2.56 bits per heavy atom. The number of likely N-dealkylation sites (tertiary alicyclic amines) is 1. The van der Waals surface area contributed by atoms with Crippen LogP contribution >= 0.6 is 12.4 Å². The number of nitrogens with one attached hydrogen (secondary N) is 2. The molecule has 3 rings (SSSR count). The summed E-state index contributed by atoms with van der Waals surface area (Å²) in [4.78, 5) is 42.3. The molecule has 2 aliphatic rings. The highest BCUT2D eigenvalue weighted by molar-refractivity contribution is 6.02. The average molecular weight is 396 g/mol. The van der Waals surface area contributed by atoms with Gasteiger partial charge in [0.1, 0.15) is 5.56 Å². The number of fused-ring (bicyclic) bond motifs is 1. The highest BCUT2D eigenvalue weighted by atomic mass is 35.5. The first kappa shape index (κ1) is 21.6. The number of hydrogen-bond acceptors (Lipinski definition) is 4. The first-order valence-electron chi connectivity index (χ1n) is 9.54. The van der Waals surface area contributed by atoms with Gasteiger partial charge in [0.25, 0.3) is 11.5 Å². The van der Waals surface area contributed by atoms with Crippen molar-refractivity contribution in [2.75, 3.05) is 26.7 Å². The first-order valence-corrected chi connectivity index (χ1v) is 9.54. The number of carbonyl (C=O) groups is 2. The van der Waals surface area contributed by atoms with Gasteiger partial charge in [0.05, 0.1) is 0 Å². The third-order valence-corrected chi connectivity index (χ3v) is 5.65. The zero-order chi connectivity index (χ0) is 18.9. The Kier molecular flexibility index (Phi) is 6.87. The van der Waals surface area contributed by atoms with Gasteiger partial charge in [0, 0.05) is 30.8 Å². The van der Waals surface area contributed by atoms with Gasteiger partial charge in [-0.05, 0) is 56.7 Å². The fraction of sp³-hybridized carbons (Fsp3) is 0.650. The van der Waals surface area contributed by atoms with E-state index in [1.54, 1.807) is 4.90 Å². The Hall–Kier alpha value is -1.66. The molecule has 27 heavy (non-hydrogen) atoms. The molecule has 1 fully saturated rings. The summed E-state index contributed by atoms with van der Waals surface area (Å²) in [6, 6.07) is 1.53. The lowest BCUT2D eigenvalue weighted by Gasteiger charge is -2.32. The molecule has 0 radical (unpaired) electrons. The van der Waals surface area contributed by atoms with Crippen molar-refractivity contribution in [1.29, 1.82) is 0 Å². The summed E-state index contributed by atoms with van der Waals surface area (Å²) in [5, 5.41) is 3.16. The third-order valence-electron chi connectivity index (χ3n) is 5.65. The van der Waals surface area contributed by atoms with Crippen LogP contribution in [0.4, 0.5) is 0 Å². The van der Waals surface area contributed by atoms with Crippen molar-refractivity contribution in [2.24, 2.45) is 11.3 Å². The monoisotopic (exact) mass is 395 g/mol. The Balaban J connectivity index is 0.00000261. The van der Waals surface area contributed by atoms with Crippen LogP contribution in [0, 0.1) is 11.3 Å². The van der Waals surface area contributed by atoms with Crippen LogP contribution in [-0.2, 0) is 6.42 Å². The van der Waals surface area contributed by atoms with E-state index in [1.165, 1.54) is 6.07 Å². The van der Waals surface area contributed by atoms with Crippen LogP contribution < -0.4 is 10.9 Å². The number of halogens is 1. The average Bonchev–Trinajstić information content (AvgIpc) is 2.58. The van der Waals surface area contributed by atoms with Gasteiger partial charge >= 0.3 is 0 Å². The van der Waals surface area contributed by atoms with Gasteiger partial charge in [-0.2, -0.15) is 0 Å². The molecule has 150 valence electrons. The minimum Gasteiger partial charge on any atom is -0.338 e. The van der Waals surface area contributed by atoms with E-state index >= 15 is 0 Å². The molecular weight excluding hydrogens is 366 g/mol. The Morgan fingerprint density at radius 1 is 1.26 bits per heavy atom. The molecule has 1 aromatic heterocycles. The van der Waals surface area contributed by atoms with Gasteiger partial charge in [-0.1, -0.05) is 13.8 Å². The number of Topliss-reactive ketones (excluding diaryl/α,β-unsaturated/α-hetero) is 1. The van der Waals surface area contributed by atoms with Crippen LogP contribution in [0.3, 0.4) is 0 Å². The highest BCUT2D eigenvalue weighted by Crippen LogP contribution is 2.33. The second-order valence-electron chi connectivity index (χ2n) is 8.47. The summed E-state index contributed by atoms with van der Waals surface area (Å²) in [6.45, 7) is 6.36. The van der Waals surface area contributed by atoms with Crippen LogP contribution in [0.2, 0.25) is 0 Å². The molecule has 6 nitrogen and oxygen atoms in total. The number of rotatable bonds is 4. The third kappa shape index (κ3) is 4.79. The maximum absolute atomic E-state index is 12.8. The number of amides is 1. The van der Waals surface area contributed by atoms with Crippen molar-refractivity contribution < 1.29 is 9.59 Å². The van der Waals surface area contributed by atoms with Crippen molar-refractivity contribution in [3.8, 4) is 0 Å². The predicted molar refractivity (Wildman–Crippen MR) is 108 cm³/mol. The highest BCUT2D eigenvalue weighted by Gasteiger charge is 2.33. The zero-order valence-corrected chi connectivity index (χ0v) is 17.2. The van der Waals surface area contributed by atoms with E-state index in [0.29, 0.717) is 43.1 Å². The molecule has 0 unspecified atom stereocenters. The SMILES string of the molecule is CNCCC1CCN(C(=O)c2cc3c([nH]c2=O)CC(C)(C)CC3=O)CC1.Cl. The number of H-pyrrole nitrogens is 1. The van der Waals surface area contributed by atoms with Gasteiger partial charge in [-0.25, -0.2) is 0 Å². The maximum Gasteiger partial charge on any atom is 0.261 e. The van der Waals surface area contributed by atoms with E-state index in [0.717, 1.165) is 25.8 Å². The van der Waals surface area contributed by atoms with Crippen LogP contribution in [-0.4, -0.2) is 48.3 Å². The number of pyridine rings is 1. The summed E-state index contributed by atoms with van der Waals surface area (Å²) in [6.07, 6.45) is 4.13. The fourth-order valence-corrected chi connectivity index (χ4v) is 4.13. The summed E-state index contributed by atoms with van der Waals surface area (Å²) in [7, 11) is 1.95. The van der Waals surface area contributed by atoms with Gasteiger partial charge in [-0.15, -0.1) is 12.4 Å². The van der Waals surface area contributed by atoms with E-state index in [9.17, 15) is 14.4 Å². The number of aromatic nitrogens is 1. The van der Waals surface area contributed by atoms with Crippen molar-refractivity contribution in [1.82, 2.24) is 15.2 Å². The molecule has 2 heterocycles. The number of piperidine rings is 1. The molecule has 0 bridgehead atoms. The van der Waals surface area contributed by atoms with E-state index in [1.807, 2.05) is 20.9 Å². The molecule has 1 aliphatic carbocycles. The second-order valence-corrected chi connectivity index (χ2v) is 8.47. The zero-order valence-electron chi connectivity index (χ0n) is 16.4. The summed E-state index contributed by atoms with van der Waals surface area (Å²) >= 11 is 0. The number of ketones is 1. The summed E-state index contributed by atoms with van der Waals surface area (Å²) in [5.74, 6) is 0.378. The molecule has 0 atom stereocenters.